The van der Waals surface area contributed by atoms with E-state index >= 15 is 0 Å². The molecule has 1 fully saturated rings. The summed E-state index contributed by atoms with van der Waals surface area (Å²) in [4.78, 5) is 32.2. The Balaban J connectivity index is 1.67. The van der Waals surface area contributed by atoms with Crippen LogP contribution in [0.4, 0.5) is 0 Å². The zero-order valence-electron chi connectivity index (χ0n) is 16.1. The normalized spacial score (nSPS) is 15.6. The number of hydrogen-bond donors (Lipinski definition) is 1. The summed E-state index contributed by atoms with van der Waals surface area (Å²) in [7, 11) is 0. The van der Waals surface area contributed by atoms with Gasteiger partial charge in [0.1, 0.15) is 5.69 Å². The molecule has 1 amide bonds. The number of ketones is 1. The molecule has 3 rings (SSSR count). The number of carbonyl (C=O) groups excluding carboxylic acids is 2. The Hall–Kier alpha value is -2.11. The number of rotatable bonds is 4. The summed E-state index contributed by atoms with van der Waals surface area (Å²) in [5.74, 6) is -0.0262. The monoisotopic (exact) mass is 387 g/mol. The van der Waals surface area contributed by atoms with E-state index in [1.54, 1.807) is 0 Å². The number of H-pyrrole nitrogens is 1. The number of nitrogens with one attached hydrogen (secondary N) is 1. The second-order valence-electron chi connectivity index (χ2n) is 7.23. The second kappa shape index (κ2) is 8.28. The molecule has 2 heterocycles. The third kappa shape index (κ3) is 4.42. The van der Waals surface area contributed by atoms with Crippen LogP contribution in [0.3, 0.4) is 0 Å². The summed E-state index contributed by atoms with van der Waals surface area (Å²) in [5, 5.41) is 0.743. The molecule has 1 N–H and O–H groups in total. The van der Waals surface area contributed by atoms with E-state index in [-0.39, 0.29) is 11.7 Å². The predicted octanol–water partition coefficient (Wildman–Crippen LogP) is 3.84. The minimum Gasteiger partial charge on any atom is -0.354 e. The van der Waals surface area contributed by atoms with Crippen molar-refractivity contribution in [3.8, 4) is 0 Å². The van der Waals surface area contributed by atoms with Crippen LogP contribution < -0.4 is 0 Å². The van der Waals surface area contributed by atoms with Crippen molar-refractivity contribution in [3.63, 3.8) is 0 Å². The van der Waals surface area contributed by atoms with Gasteiger partial charge in [0.15, 0.2) is 5.78 Å². The van der Waals surface area contributed by atoms with E-state index in [0.29, 0.717) is 17.8 Å². The Morgan fingerprint density at radius 3 is 2.41 bits per heavy atom. The molecule has 0 saturated carbocycles. The van der Waals surface area contributed by atoms with E-state index in [9.17, 15) is 9.59 Å². The summed E-state index contributed by atoms with van der Waals surface area (Å²) in [6, 6.07) is 7.91. The van der Waals surface area contributed by atoms with Crippen molar-refractivity contribution in [2.24, 2.45) is 0 Å². The fourth-order valence-electron chi connectivity index (χ4n) is 3.83. The van der Waals surface area contributed by atoms with Gasteiger partial charge in [0.25, 0.3) is 5.91 Å². The van der Waals surface area contributed by atoms with Crippen LogP contribution in [-0.4, -0.2) is 52.7 Å². The topological polar surface area (TPSA) is 56.4 Å². The average molecular weight is 388 g/mol. The lowest BCUT2D eigenvalue weighted by Gasteiger charge is -2.22. The third-order valence-electron chi connectivity index (χ3n) is 5.20. The van der Waals surface area contributed by atoms with Crippen molar-refractivity contribution < 1.29 is 9.59 Å². The molecule has 1 aromatic heterocycles. The lowest BCUT2D eigenvalue weighted by atomic mass is 10.1. The molecule has 0 atom stereocenters. The zero-order chi connectivity index (χ0) is 19.6. The van der Waals surface area contributed by atoms with Gasteiger partial charge in [0.05, 0.1) is 0 Å². The molecule has 1 aliphatic rings. The smallest absolute Gasteiger partial charge is 0.270 e. The molecule has 1 aromatic carbocycles. The van der Waals surface area contributed by atoms with E-state index in [1.165, 1.54) is 12.5 Å². The van der Waals surface area contributed by atoms with Crippen LogP contribution in [0.25, 0.3) is 0 Å². The Bertz CT molecular complexity index is 842. The summed E-state index contributed by atoms with van der Waals surface area (Å²) >= 11 is 5.96. The molecule has 0 aliphatic carbocycles. The van der Waals surface area contributed by atoms with Gasteiger partial charge in [-0.05, 0) is 50.5 Å². The molecule has 0 spiro atoms. The first-order valence-electron chi connectivity index (χ1n) is 9.33. The van der Waals surface area contributed by atoms with Gasteiger partial charge >= 0.3 is 0 Å². The number of Topliss-reactive ketones (excluding diaryl/α,β-unsaturated/α-hetero) is 1. The highest BCUT2D eigenvalue weighted by Crippen LogP contribution is 2.21. The van der Waals surface area contributed by atoms with Crippen LogP contribution >= 0.6 is 11.6 Å². The van der Waals surface area contributed by atoms with Crippen LogP contribution in [0.1, 0.15) is 51.0 Å². The van der Waals surface area contributed by atoms with Gasteiger partial charge in [-0.25, -0.2) is 0 Å². The summed E-state index contributed by atoms with van der Waals surface area (Å²) in [5.41, 5.74) is 3.93. The van der Waals surface area contributed by atoms with E-state index in [2.05, 4.69) is 9.88 Å². The molecule has 5 nitrogen and oxygen atoms in total. The van der Waals surface area contributed by atoms with Gasteiger partial charge in [-0.2, -0.15) is 0 Å². The fourth-order valence-corrected chi connectivity index (χ4v) is 3.96. The predicted molar refractivity (Wildman–Crippen MR) is 108 cm³/mol. The van der Waals surface area contributed by atoms with Crippen LogP contribution in [0.5, 0.6) is 0 Å². The van der Waals surface area contributed by atoms with E-state index in [1.807, 2.05) is 43.0 Å². The first kappa shape index (κ1) is 19.6. The second-order valence-corrected chi connectivity index (χ2v) is 7.67. The summed E-state index contributed by atoms with van der Waals surface area (Å²) in [6.45, 7) is 9.27. The summed E-state index contributed by atoms with van der Waals surface area (Å²) in [6.07, 6.45) is 0.928. The molecule has 1 aliphatic heterocycles. The number of carbonyl (C=O) groups is 2. The van der Waals surface area contributed by atoms with Crippen molar-refractivity contribution in [2.45, 2.75) is 33.7 Å². The largest absolute Gasteiger partial charge is 0.354 e. The Morgan fingerprint density at radius 1 is 1.07 bits per heavy atom. The molecule has 1 saturated heterocycles. The standard InChI is InChI=1S/C21H26ClN3O2/c1-14-19(16(3)26)15(2)23-20(14)21(27)25-10-4-9-24(11-12-25)13-17-5-7-18(22)8-6-17/h5-8,23H,4,9-13H2,1-3H3. The fraction of sp³-hybridized carbons (Fsp3) is 0.429. The van der Waals surface area contributed by atoms with Crippen LogP contribution in [0, 0.1) is 13.8 Å². The van der Waals surface area contributed by atoms with E-state index < -0.39 is 0 Å². The molecule has 2 aromatic rings. The number of amides is 1. The average Bonchev–Trinajstić information content (AvgIpc) is 2.79. The Kier molecular flexibility index (Phi) is 6.02. The van der Waals surface area contributed by atoms with Gasteiger partial charge in [-0.15, -0.1) is 0 Å². The van der Waals surface area contributed by atoms with Gasteiger partial charge in [-0.1, -0.05) is 23.7 Å². The number of hydrogen-bond acceptors (Lipinski definition) is 3. The highest BCUT2D eigenvalue weighted by Gasteiger charge is 2.25. The number of benzene rings is 1. The van der Waals surface area contributed by atoms with Crippen molar-refractivity contribution in [2.75, 3.05) is 26.2 Å². The molecule has 27 heavy (non-hydrogen) atoms. The number of aryl methyl sites for hydroxylation is 1. The van der Waals surface area contributed by atoms with E-state index in [4.69, 9.17) is 11.6 Å². The number of nitrogens with zero attached hydrogens (tertiary/aromatic N) is 2. The lowest BCUT2D eigenvalue weighted by molar-refractivity contribution is 0.0755. The van der Waals surface area contributed by atoms with Gasteiger partial charge in [0.2, 0.25) is 0 Å². The Morgan fingerprint density at radius 2 is 1.78 bits per heavy atom. The molecule has 6 heteroatoms. The van der Waals surface area contributed by atoms with Gasteiger partial charge in [0, 0.05) is 49.0 Å². The molecular weight excluding hydrogens is 362 g/mol. The maximum absolute atomic E-state index is 13.0. The highest BCUT2D eigenvalue weighted by atomic mass is 35.5. The molecule has 144 valence electrons. The van der Waals surface area contributed by atoms with E-state index in [0.717, 1.165) is 48.9 Å². The maximum Gasteiger partial charge on any atom is 0.270 e. The zero-order valence-corrected chi connectivity index (χ0v) is 16.9. The highest BCUT2D eigenvalue weighted by molar-refractivity contribution is 6.30. The quantitative estimate of drug-likeness (QED) is 0.811. The summed E-state index contributed by atoms with van der Waals surface area (Å²) < 4.78 is 0. The van der Waals surface area contributed by atoms with Gasteiger partial charge in [-0.3, -0.25) is 14.5 Å². The Labute approximate surface area is 165 Å². The minimum absolute atomic E-state index is 0.00898. The van der Waals surface area contributed by atoms with Crippen LogP contribution in [0.2, 0.25) is 5.02 Å². The van der Waals surface area contributed by atoms with Crippen LogP contribution in [0.15, 0.2) is 24.3 Å². The third-order valence-corrected chi connectivity index (χ3v) is 5.45. The first-order valence-corrected chi connectivity index (χ1v) is 9.70. The molecule has 0 bridgehead atoms. The minimum atomic E-state index is -0.0172. The maximum atomic E-state index is 13.0. The van der Waals surface area contributed by atoms with Crippen molar-refractivity contribution >= 4 is 23.3 Å². The number of aromatic amines is 1. The SMILES string of the molecule is CC(=O)c1c(C)[nH]c(C(=O)N2CCCN(Cc3ccc(Cl)cc3)CC2)c1C. The number of aromatic nitrogens is 1. The van der Waals surface area contributed by atoms with Crippen molar-refractivity contribution in [1.82, 2.24) is 14.8 Å². The number of halogens is 1. The molecule has 0 radical (unpaired) electrons. The first-order chi connectivity index (χ1) is 12.9. The molecular formula is C21H26ClN3O2. The van der Waals surface area contributed by atoms with Gasteiger partial charge < -0.3 is 9.88 Å². The van der Waals surface area contributed by atoms with Crippen molar-refractivity contribution in [1.29, 1.82) is 0 Å². The van der Waals surface area contributed by atoms with Crippen LogP contribution in [-0.2, 0) is 6.54 Å². The lowest BCUT2D eigenvalue weighted by Crippen LogP contribution is -2.35. The molecule has 0 unspecified atom stereocenters. The van der Waals surface area contributed by atoms with Crippen molar-refractivity contribution in [3.05, 3.63) is 57.4 Å².